The molecule has 0 saturated heterocycles. The molecule has 1 aromatic heterocycles. The zero-order valence-corrected chi connectivity index (χ0v) is 11.2. The Labute approximate surface area is 101 Å². The molecule has 0 aromatic carbocycles. The van der Waals surface area contributed by atoms with Crippen LogP contribution in [0.25, 0.3) is 0 Å². The fourth-order valence-electron chi connectivity index (χ4n) is 1.25. The monoisotopic (exact) mass is 241 g/mol. The van der Waals surface area contributed by atoms with Crippen LogP contribution in [-0.2, 0) is 11.2 Å². The molecule has 0 aliphatic rings. The summed E-state index contributed by atoms with van der Waals surface area (Å²) in [6, 6.07) is 0. The molecule has 16 heavy (non-hydrogen) atoms. The Hall–Kier alpha value is -0.940. The quantitative estimate of drug-likeness (QED) is 0.772. The van der Waals surface area contributed by atoms with Crippen molar-refractivity contribution in [1.82, 2.24) is 14.8 Å². The number of nitrogens with zero attached hydrogens (tertiary/aromatic N) is 3. The van der Waals surface area contributed by atoms with Gasteiger partial charge in [-0.3, -0.25) is 4.79 Å². The zero-order chi connectivity index (χ0) is 12.1. The van der Waals surface area contributed by atoms with Gasteiger partial charge in [0.25, 0.3) is 0 Å². The van der Waals surface area contributed by atoms with Crippen LogP contribution >= 0.6 is 11.3 Å². The summed E-state index contributed by atoms with van der Waals surface area (Å²) in [5.41, 5.74) is 0.879. The van der Waals surface area contributed by atoms with Gasteiger partial charge in [-0.05, 0) is 21.0 Å². The maximum Gasteiger partial charge on any atom is 0.228 e. The second kappa shape index (κ2) is 5.96. The van der Waals surface area contributed by atoms with Gasteiger partial charge in [0.05, 0.1) is 17.1 Å². The maximum atomic E-state index is 11.8. The molecule has 0 N–H and O–H groups in total. The SMILES string of the molecule is Cc1nc(CC(=O)N(C)CCN(C)C)cs1. The summed E-state index contributed by atoms with van der Waals surface area (Å²) in [5.74, 6) is 0.132. The lowest BCUT2D eigenvalue weighted by atomic mass is 10.3. The first-order valence-electron chi connectivity index (χ1n) is 5.28. The van der Waals surface area contributed by atoms with E-state index in [1.807, 2.05) is 33.4 Å². The van der Waals surface area contributed by atoms with E-state index in [0.717, 1.165) is 23.8 Å². The van der Waals surface area contributed by atoms with E-state index in [1.54, 1.807) is 16.2 Å². The number of aromatic nitrogens is 1. The van der Waals surface area contributed by atoms with E-state index in [4.69, 9.17) is 0 Å². The highest BCUT2D eigenvalue weighted by Gasteiger charge is 2.11. The molecule has 0 saturated carbocycles. The first-order chi connectivity index (χ1) is 7.49. The predicted octanol–water partition coefficient (Wildman–Crippen LogP) is 1.01. The van der Waals surface area contributed by atoms with Gasteiger partial charge in [0.15, 0.2) is 0 Å². The van der Waals surface area contributed by atoms with Gasteiger partial charge in [0, 0.05) is 25.5 Å². The standard InChI is InChI=1S/C11H19N3OS/c1-9-12-10(8-16-9)7-11(15)14(4)6-5-13(2)3/h8H,5-7H2,1-4H3. The molecule has 1 amide bonds. The van der Waals surface area contributed by atoms with Crippen molar-refractivity contribution >= 4 is 17.2 Å². The summed E-state index contributed by atoms with van der Waals surface area (Å²) >= 11 is 1.59. The molecule has 0 fully saturated rings. The third-order valence-electron chi connectivity index (χ3n) is 2.31. The van der Waals surface area contributed by atoms with Gasteiger partial charge < -0.3 is 9.80 Å². The average Bonchev–Trinajstić information content (AvgIpc) is 2.60. The van der Waals surface area contributed by atoms with Crippen LogP contribution in [0, 0.1) is 6.92 Å². The number of hydrogen-bond donors (Lipinski definition) is 0. The molecule has 0 bridgehead atoms. The molecule has 0 unspecified atom stereocenters. The van der Waals surface area contributed by atoms with Crippen LogP contribution in [0.4, 0.5) is 0 Å². The highest BCUT2D eigenvalue weighted by molar-refractivity contribution is 7.09. The molecule has 0 aliphatic heterocycles. The number of rotatable bonds is 5. The molecule has 0 radical (unpaired) electrons. The number of amides is 1. The smallest absolute Gasteiger partial charge is 0.228 e. The van der Waals surface area contributed by atoms with Crippen molar-refractivity contribution in [3.63, 3.8) is 0 Å². The van der Waals surface area contributed by atoms with Crippen LogP contribution in [0.3, 0.4) is 0 Å². The first-order valence-corrected chi connectivity index (χ1v) is 6.16. The molecule has 90 valence electrons. The average molecular weight is 241 g/mol. The van der Waals surface area contributed by atoms with Gasteiger partial charge >= 0.3 is 0 Å². The van der Waals surface area contributed by atoms with E-state index in [-0.39, 0.29) is 5.91 Å². The first kappa shape index (κ1) is 13.1. The van der Waals surface area contributed by atoms with Crippen LogP contribution < -0.4 is 0 Å². The van der Waals surface area contributed by atoms with Gasteiger partial charge in [0.2, 0.25) is 5.91 Å². The predicted molar refractivity (Wildman–Crippen MR) is 66.7 cm³/mol. The van der Waals surface area contributed by atoms with Crippen molar-refractivity contribution < 1.29 is 4.79 Å². The van der Waals surface area contributed by atoms with Crippen molar-refractivity contribution in [3.05, 3.63) is 16.1 Å². The molecule has 0 aliphatic carbocycles. The Balaban J connectivity index is 2.39. The van der Waals surface area contributed by atoms with Crippen LogP contribution in [0.2, 0.25) is 0 Å². The second-order valence-corrected chi connectivity index (χ2v) is 5.22. The molecule has 1 heterocycles. The van der Waals surface area contributed by atoms with Crippen molar-refractivity contribution in [2.24, 2.45) is 0 Å². The molecule has 5 heteroatoms. The molecular formula is C11H19N3OS. The van der Waals surface area contributed by atoms with Crippen LogP contribution in [0.15, 0.2) is 5.38 Å². The third-order valence-corrected chi connectivity index (χ3v) is 3.13. The van der Waals surface area contributed by atoms with Gasteiger partial charge in [-0.1, -0.05) is 0 Å². The minimum absolute atomic E-state index is 0.132. The minimum Gasteiger partial charge on any atom is -0.344 e. The molecule has 0 atom stereocenters. The van der Waals surface area contributed by atoms with Crippen molar-refractivity contribution in [1.29, 1.82) is 0 Å². The third kappa shape index (κ3) is 4.28. The van der Waals surface area contributed by atoms with Crippen LogP contribution in [0.1, 0.15) is 10.7 Å². The Morgan fingerprint density at radius 3 is 2.56 bits per heavy atom. The van der Waals surface area contributed by atoms with Gasteiger partial charge in [0.1, 0.15) is 0 Å². The number of hydrogen-bond acceptors (Lipinski definition) is 4. The summed E-state index contributed by atoms with van der Waals surface area (Å²) in [4.78, 5) is 19.9. The number of carbonyl (C=O) groups excluding carboxylic acids is 1. The lowest BCUT2D eigenvalue weighted by molar-refractivity contribution is -0.129. The van der Waals surface area contributed by atoms with E-state index in [9.17, 15) is 4.79 Å². The van der Waals surface area contributed by atoms with Crippen LogP contribution in [-0.4, -0.2) is 54.9 Å². The Morgan fingerprint density at radius 2 is 2.06 bits per heavy atom. The summed E-state index contributed by atoms with van der Waals surface area (Å²) in [5, 5.41) is 2.96. The van der Waals surface area contributed by atoms with Gasteiger partial charge in [-0.25, -0.2) is 4.98 Å². The Bertz CT molecular complexity index is 349. The fraction of sp³-hybridized carbons (Fsp3) is 0.636. The maximum absolute atomic E-state index is 11.8. The van der Waals surface area contributed by atoms with E-state index in [2.05, 4.69) is 9.88 Å². The summed E-state index contributed by atoms with van der Waals surface area (Å²) in [6.07, 6.45) is 0.411. The number of aryl methyl sites for hydroxylation is 1. The van der Waals surface area contributed by atoms with Crippen molar-refractivity contribution in [2.75, 3.05) is 34.2 Å². The largest absolute Gasteiger partial charge is 0.344 e. The van der Waals surface area contributed by atoms with Gasteiger partial charge in [-0.15, -0.1) is 11.3 Å². The second-order valence-electron chi connectivity index (χ2n) is 4.15. The van der Waals surface area contributed by atoms with E-state index >= 15 is 0 Å². The zero-order valence-electron chi connectivity index (χ0n) is 10.4. The highest BCUT2D eigenvalue weighted by atomic mass is 32.1. The van der Waals surface area contributed by atoms with E-state index in [1.165, 1.54) is 0 Å². The number of thiazole rings is 1. The lowest BCUT2D eigenvalue weighted by Crippen LogP contribution is -2.34. The van der Waals surface area contributed by atoms with E-state index < -0.39 is 0 Å². The number of likely N-dealkylation sites (N-methyl/N-ethyl adjacent to an activating group) is 2. The number of carbonyl (C=O) groups is 1. The van der Waals surface area contributed by atoms with Crippen LogP contribution in [0.5, 0.6) is 0 Å². The Morgan fingerprint density at radius 1 is 1.38 bits per heavy atom. The molecular weight excluding hydrogens is 222 g/mol. The molecule has 1 aromatic rings. The normalized spacial score (nSPS) is 10.8. The minimum atomic E-state index is 0.132. The summed E-state index contributed by atoms with van der Waals surface area (Å²) in [7, 11) is 5.84. The lowest BCUT2D eigenvalue weighted by Gasteiger charge is -2.19. The fourth-order valence-corrected chi connectivity index (χ4v) is 1.87. The van der Waals surface area contributed by atoms with Crippen molar-refractivity contribution in [3.8, 4) is 0 Å². The van der Waals surface area contributed by atoms with Gasteiger partial charge in [-0.2, -0.15) is 0 Å². The Kier molecular flexibility index (Phi) is 4.89. The summed E-state index contributed by atoms with van der Waals surface area (Å²) in [6.45, 7) is 3.60. The van der Waals surface area contributed by atoms with E-state index in [0.29, 0.717) is 6.42 Å². The molecule has 0 spiro atoms. The molecule has 1 rings (SSSR count). The highest BCUT2D eigenvalue weighted by Crippen LogP contribution is 2.09. The summed E-state index contributed by atoms with van der Waals surface area (Å²) < 4.78 is 0. The van der Waals surface area contributed by atoms with Crippen molar-refractivity contribution in [2.45, 2.75) is 13.3 Å². The topological polar surface area (TPSA) is 36.4 Å². The molecule has 4 nitrogen and oxygen atoms in total.